The Kier molecular flexibility index (Phi) is 4.91. The maximum absolute atomic E-state index is 12.1. The van der Waals surface area contributed by atoms with Gasteiger partial charge in [-0.1, -0.05) is 26.7 Å². The predicted molar refractivity (Wildman–Crippen MR) is 67.6 cm³/mol. The number of rotatable bonds is 5. The van der Waals surface area contributed by atoms with Crippen molar-refractivity contribution in [1.29, 1.82) is 0 Å². The summed E-state index contributed by atoms with van der Waals surface area (Å²) in [5.41, 5.74) is -0.172. The summed E-state index contributed by atoms with van der Waals surface area (Å²) in [6.07, 6.45) is 3.04. The first-order valence-electron chi connectivity index (χ1n) is 6.49. The van der Waals surface area contributed by atoms with Crippen LogP contribution in [0.25, 0.3) is 0 Å². The van der Waals surface area contributed by atoms with E-state index < -0.39 is 24.4 Å². The SMILES string of the molecule is CC1(C)CCCCC1C(=O)N[C@@H](CC(=O)O)C(=O)O. The molecule has 0 aromatic heterocycles. The van der Waals surface area contributed by atoms with E-state index in [0.29, 0.717) is 0 Å². The van der Waals surface area contributed by atoms with Gasteiger partial charge in [0.1, 0.15) is 6.04 Å². The molecule has 0 spiro atoms. The minimum Gasteiger partial charge on any atom is -0.481 e. The summed E-state index contributed by atoms with van der Waals surface area (Å²) >= 11 is 0. The number of carbonyl (C=O) groups is 3. The van der Waals surface area contributed by atoms with Gasteiger partial charge in [0.2, 0.25) is 5.91 Å². The van der Waals surface area contributed by atoms with Crippen molar-refractivity contribution in [2.45, 2.75) is 52.0 Å². The molecule has 6 nitrogen and oxygen atoms in total. The third kappa shape index (κ3) is 4.22. The molecular weight excluding hydrogens is 250 g/mol. The van der Waals surface area contributed by atoms with Crippen molar-refractivity contribution in [1.82, 2.24) is 5.32 Å². The third-order valence-corrected chi connectivity index (χ3v) is 3.82. The number of hydrogen-bond acceptors (Lipinski definition) is 3. The van der Waals surface area contributed by atoms with Crippen LogP contribution in [0.5, 0.6) is 0 Å². The van der Waals surface area contributed by atoms with Gasteiger partial charge in [0.05, 0.1) is 6.42 Å². The summed E-state index contributed by atoms with van der Waals surface area (Å²) in [7, 11) is 0. The number of nitrogens with one attached hydrogen (secondary N) is 1. The highest BCUT2D eigenvalue weighted by Crippen LogP contribution is 2.40. The lowest BCUT2D eigenvalue weighted by Crippen LogP contribution is -2.48. The largest absolute Gasteiger partial charge is 0.481 e. The minimum absolute atomic E-state index is 0.172. The zero-order chi connectivity index (χ0) is 14.6. The Morgan fingerprint density at radius 1 is 1.26 bits per heavy atom. The molecule has 1 aliphatic rings. The topological polar surface area (TPSA) is 104 Å². The second-order valence-corrected chi connectivity index (χ2v) is 5.78. The van der Waals surface area contributed by atoms with Gasteiger partial charge < -0.3 is 15.5 Å². The van der Waals surface area contributed by atoms with Crippen molar-refractivity contribution in [3.63, 3.8) is 0 Å². The van der Waals surface area contributed by atoms with E-state index in [0.717, 1.165) is 25.7 Å². The lowest BCUT2D eigenvalue weighted by Gasteiger charge is -2.37. The van der Waals surface area contributed by atoms with Crippen LogP contribution in [0.2, 0.25) is 0 Å². The molecule has 19 heavy (non-hydrogen) atoms. The lowest BCUT2D eigenvalue weighted by molar-refractivity contribution is -0.148. The number of carbonyl (C=O) groups excluding carboxylic acids is 1. The second kappa shape index (κ2) is 6.04. The number of hydrogen-bond donors (Lipinski definition) is 3. The Morgan fingerprint density at radius 3 is 2.37 bits per heavy atom. The molecule has 0 aromatic carbocycles. The Morgan fingerprint density at radius 2 is 1.89 bits per heavy atom. The first-order chi connectivity index (χ1) is 8.74. The standard InChI is InChI=1S/C13H21NO5/c1-13(2)6-4-3-5-8(13)11(17)14-9(12(18)19)7-10(15)16/h8-9H,3-7H2,1-2H3,(H,14,17)(H,15,16)(H,18,19)/t8?,9-/m0/s1. The van der Waals surface area contributed by atoms with Gasteiger partial charge in [-0.25, -0.2) is 4.79 Å². The van der Waals surface area contributed by atoms with Gasteiger partial charge in [0, 0.05) is 5.92 Å². The van der Waals surface area contributed by atoms with Gasteiger partial charge in [-0.3, -0.25) is 9.59 Å². The van der Waals surface area contributed by atoms with Crippen LogP contribution in [0.3, 0.4) is 0 Å². The molecular formula is C13H21NO5. The van der Waals surface area contributed by atoms with Crippen molar-refractivity contribution in [3.8, 4) is 0 Å². The monoisotopic (exact) mass is 271 g/mol. The molecule has 0 aromatic rings. The molecule has 1 unspecified atom stereocenters. The highest BCUT2D eigenvalue weighted by atomic mass is 16.4. The summed E-state index contributed by atoms with van der Waals surface area (Å²) in [5, 5.41) is 19.9. The van der Waals surface area contributed by atoms with E-state index >= 15 is 0 Å². The molecule has 1 amide bonds. The first-order valence-corrected chi connectivity index (χ1v) is 6.49. The van der Waals surface area contributed by atoms with E-state index in [4.69, 9.17) is 10.2 Å². The Hall–Kier alpha value is -1.59. The number of carboxylic acid groups (broad SMARTS) is 2. The van der Waals surface area contributed by atoms with Gasteiger partial charge >= 0.3 is 11.9 Å². The number of amides is 1. The molecule has 0 heterocycles. The van der Waals surface area contributed by atoms with Crippen LogP contribution in [0.15, 0.2) is 0 Å². The highest BCUT2D eigenvalue weighted by molar-refractivity contribution is 5.88. The van der Waals surface area contributed by atoms with Gasteiger partial charge in [0.25, 0.3) is 0 Å². The fourth-order valence-electron chi connectivity index (χ4n) is 2.63. The van der Waals surface area contributed by atoms with Crippen LogP contribution in [0.4, 0.5) is 0 Å². The van der Waals surface area contributed by atoms with E-state index in [1.165, 1.54) is 0 Å². The normalized spacial score (nSPS) is 23.4. The number of aliphatic carboxylic acids is 2. The highest BCUT2D eigenvalue weighted by Gasteiger charge is 2.38. The van der Waals surface area contributed by atoms with Gasteiger partial charge in [-0.2, -0.15) is 0 Å². The van der Waals surface area contributed by atoms with Crippen LogP contribution in [-0.4, -0.2) is 34.1 Å². The molecule has 108 valence electrons. The number of carboxylic acids is 2. The quantitative estimate of drug-likeness (QED) is 0.698. The fourth-order valence-corrected chi connectivity index (χ4v) is 2.63. The van der Waals surface area contributed by atoms with Crippen molar-refractivity contribution < 1.29 is 24.6 Å². The zero-order valence-corrected chi connectivity index (χ0v) is 11.3. The molecule has 3 N–H and O–H groups in total. The molecule has 0 radical (unpaired) electrons. The van der Waals surface area contributed by atoms with Gasteiger partial charge in [-0.05, 0) is 18.3 Å². The van der Waals surface area contributed by atoms with Crippen LogP contribution in [0, 0.1) is 11.3 Å². The van der Waals surface area contributed by atoms with E-state index in [-0.39, 0.29) is 17.2 Å². The lowest BCUT2D eigenvalue weighted by atomic mass is 9.68. The smallest absolute Gasteiger partial charge is 0.326 e. The maximum Gasteiger partial charge on any atom is 0.326 e. The molecule has 1 rings (SSSR count). The first kappa shape index (κ1) is 15.5. The second-order valence-electron chi connectivity index (χ2n) is 5.78. The van der Waals surface area contributed by atoms with Crippen molar-refractivity contribution >= 4 is 17.8 Å². The summed E-state index contributed by atoms with van der Waals surface area (Å²) in [6, 6.07) is -1.36. The molecule has 0 bridgehead atoms. The van der Waals surface area contributed by atoms with Crippen LogP contribution < -0.4 is 5.32 Å². The third-order valence-electron chi connectivity index (χ3n) is 3.82. The van der Waals surface area contributed by atoms with Crippen molar-refractivity contribution in [2.75, 3.05) is 0 Å². The van der Waals surface area contributed by atoms with Crippen LogP contribution >= 0.6 is 0 Å². The Bertz CT molecular complexity index is 377. The molecule has 2 atom stereocenters. The van der Waals surface area contributed by atoms with Crippen LogP contribution in [0.1, 0.15) is 46.0 Å². The molecule has 1 aliphatic carbocycles. The van der Waals surface area contributed by atoms with Gasteiger partial charge in [0.15, 0.2) is 0 Å². The molecule has 1 fully saturated rings. The average Bonchev–Trinajstić information content (AvgIpc) is 2.26. The van der Waals surface area contributed by atoms with Crippen molar-refractivity contribution in [3.05, 3.63) is 0 Å². The summed E-state index contributed by atoms with van der Waals surface area (Å²) in [5.74, 6) is -3.16. The molecule has 0 saturated heterocycles. The average molecular weight is 271 g/mol. The fraction of sp³-hybridized carbons (Fsp3) is 0.769. The van der Waals surface area contributed by atoms with Gasteiger partial charge in [-0.15, -0.1) is 0 Å². The van der Waals surface area contributed by atoms with Crippen molar-refractivity contribution in [2.24, 2.45) is 11.3 Å². The summed E-state index contributed by atoms with van der Waals surface area (Å²) in [6.45, 7) is 3.98. The summed E-state index contributed by atoms with van der Waals surface area (Å²) in [4.78, 5) is 33.7. The molecule has 0 aliphatic heterocycles. The van der Waals surface area contributed by atoms with E-state index in [2.05, 4.69) is 5.32 Å². The predicted octanol–water partition coefficient (Wildman–Crippen LogP) is 1.25. The Balaban J connectivity index is 2.70. The summed E-state index contributed by atoms with van der Waals surface area (Å²) < 4.78 is 0. The molecule has 6 heteroatoms. The van der Waals surface area contributed by atoms with Crippen LogP contribution in [-0.2, 0) is 14.4 Å². The maximum atomic E-state index is 12.1. The minimum atomic E-state index is -1.36. The Labute approximate surface area is 112 Å². The van der Waals surface area contributed by atoms with E-state index in [1.807, 2.05) is 13.8 Å². The van der Waals surface area contributed by atoms with E-state index in [9.17, 15) is 14.4 Å². The van der Waals surface area contributed by atoms with E-state index in [1.54, 1.807) is 0 Å². The zero-order valence-electron chi connectivity index (χ0n) is 11.3. The molecule has 1 saturated carbocycles.